The van der Waals surface area contributed by atoms with E-state index in [-0.39, 0.29) is 5.41 Å². The third kappa shape index (κ3) is 4.34. The molecule has 0 atom stereocenters. The number of primary amides is 1. The summed E-state index contributed by atoms with van der Waals surface area (Å²) in [7, 11) is 0. The van der Waals surface area contributed by atoms with Gasteiger partial charge in [0.15, 0.2) is 0 Å². The number of anilines is 1. The number of carbonyl (C=O) groups excluding carboxylic acids is 1. The topological polar surface area (TPSA) is 90.1 Å². The summed E-state index contributed by atoms with van der Waals surface area (Å²) in [6.07, 6.45) is 11.8. The van der Waals surface area contributed by atoms with Crippen LogP contribution in [0.1, 0.15) is 81.3 Å². The highest BCUT2D eigenvalue weighted by molar-refractivity contribution is 5.93. The fourth-order valence-electron chi connectivity index (χ4n) is 4.31. The number of rotatable bonds is 8. The molecule has 1 heterocycles. The second-order valence-electron chi connectivity index (χ2n) is 7.88. The van der Waals surface area contributed by atoms with Gasteiger partial charge in [-0.25, -0.2) is 9.97 Å². The van der Waals surface area contributed by atoms with Crippen molar-refractivity contribution in [3.8, 4) is 0 Å². The zero-order valence-electron chi connectivity index (χ0n) is 16.1. The van der Waals surface area contributed by atoms with Crippen molar-refractivity contribution in [3.05, 3.63) is 17.5 Å². The molecule has 144 valence electrons. The summed E-state index contributed by atoms with van der Waals surface area (Å²) in [5.41, 5.74) is 7.12. The number of hydrogen-bond acceptors (Lipinski definition) is 5. The van der Waals surface area contributed by atoms with Gasteiger partial charge < -0.3 is 15.8 Å². The fourth-order valence-corrected chi connectivity index (χ4v) is 4.31. The lowest BCUT2D eigenvalue weighted by atomic mass is 9.64. The Bertz CT molecular complexity index is 617. The van der Waals surface area contributed by atoms with Gasteiger partial charge in [0.2, 0.25) is 5.95 Å². The van der Waals surface area contributed by atoms with E-state index >= 15 is 0 Å². The van der Waals surface area contributed by atoms with Crippen LogP contribution in [0, 0.1) is 5.41 Å². The highest BCUT2D eigenvalue weighted by Crippen LogP contribution is 2.46. The maximum absolute atomic E-state index is 11.8. The van der Waals surface area contributed by atoms with Gasteiger partial charge in [-0.3, -0.25) is 4.79 Å². The fraction of sp³-hybridized carbons (Fsp3) is 0.750. The summed E-state index contributed by atoms with van der Waals surface area (Å²) in [6.45, 7) is 5.05. The van der Waals surface area contributed by atoms with Crippen LogP contribution < -0.4 is 11.1 Å². The second kappa shape index (κ2) is 8.33. The van der Waals surface area contributed by atoms with Crippen LogP contribution in [0.25, 0.3) is 0 Å². The van der Waals surface area contributed by atoms with E-state index in [4.69, 9.17) is 15.5 Å². The third-order valence-electron chi connectivity index (χ3n) is 6.25. The molecule has 2 aliphatic carbocycles. The van der Waals surface area contributed by atoms with Gasteiger partial charge in [-0.05, 0) is 57.3 Å². The van der Waals surface area contributed by atoms with Gasteiger partial charge in [0.1, 0.15) is 0 Å². The summed E-state index contributed by atoms with van der Waals surface area (Å²) < 4.78 is 5.72. The molecular formula is C20H32N4O2. The molecule has 3 N–H and O–H groups in total. The first-order valence-corrected chi connectivity index (χ1v) is 10.1. The minimum Gasteiger partial charge on any atom is -0.379 e. The van der Waals surface area contributed by atoms with Crippen molar-refractivity contribution in [2.24, 2.45) is 11.1 Å². The van der Waals surface area contributed by atoms with E-state index in [0.29, 0.717) is 23.7 Å². The molecule has 1 aromatic rings. The molecule has 2 aliphatic rings. The van der Waals surface area contributed by atoms with Crippen LogP contribution in [-0.2, 0) is 11.2 Å². The first kappa shape index (κ1) is 19.1. The van der Waals surface area contributed by atoms with Crippen LogP contribution in [0.4, 0.5) is 5.95 Å². The quantitative estimate of drug-likeness (QED) is 0.741. The van der Waals surface area contributed by atoms with Gasteiger partial charge in [0, 0.05) is 18.8 Å². The highest BCUT2D eigenvalue weighted by Gasteiger charge is 2.36. The van der Waals surface area contributed by atoms with Crippen molar-refractivity contribution < 1.29 is 9.53 Å². The Morgan fingerprint density at radius 1 is 1.31 bits per heavy atom. The Morgan fingerprint density at radius 3 is 2.58 bits per heavy atom. The van der Waals surface area contributed by atoms with E-state index in [1.54, 1.807) is 6.20 Å². The van der Waals surface area contributed by atoms with Gasteiger partial charge in [-0.2, -0.15) is 0 Å². The molecule has 0 bridgehead atoms. The molecule has 6 nitrogen and oxygen atoms in total. The molecule has 0 unspecified atom stereocenters. The molecule has 3 rings (SSSR count). The first-order chi connectivity index (χ1) is 12.5. The van der Waals surface area contributed by atoms with Gasteiger partial charge in [0.25, 0.3) is 5.91 Å². The second-order valence-corrected chi connectivity index (χ2v) is 7.88. The number of nitrogens with two attached hydrogens (primary N) is 1. The summed E-state index contributed by atoms with van der Waals surface area (Å²) in [4.78, 5) is 20.9. The Morgan fingerprint density at radius 2 is 2.04 bits per heavy atom. The van der Waals surface area contributed by atoms with Crippen LogP contribution in [0.3, 0.4) is 0 Å². The number of hydrogen-bond donors (Lipinski definition) is 2. The summed E-state index contributed by atoms with van der Waals surface area (Å²) in [5, 5.41) is 3.46. The Hall–Kier alpha value is -1.69. The van der Waals surface area contributed by atoms with Crippen LogP contribution in [-0.4, -0.2) is 34.6 Å². The van der Waals surface area contributed by atoms with Crippen molar-refractivity contribution in [1.82, 2.24) is 9.97 Å². The first-order valence-electron chi connectivity index (χ1n) is 10.1. The standard InChI is InChI=1S/C20H32N4O2/c1-3-20(10-5-11-20)12-17-16(18(21)25)13-22-19(24-17)23-14-6-8-15(9-7-14)26-4-2/h13-15H,3-12H2,1-2H3,(H2,21,25)(H,22,23,24). The van der Waals surface area contributed by atoms with Crippen molar-refractivity contribution in [2.45, 2.75) is 83.8 Å². The van der Waals surface area contributed by atoms with E-state index in [0.717, 1.165) is 50.8 Å². The number of amides is 1. The van der Waals surface area contributed by atoms with Gasteiger partial charge in [-0.15, -0.1) is 0 Å². The molecule has 6 heteroatoms. The number of ether oxygens (including phenoxy) is 1. The van der Waals surface area contributed by atoms with Crippen LogP contribution in [0.15, 0.2) is 6.20 Å². The Labute approximate surface area is 156 Å². The molecule has 0 saturated heterocycles. The maximum Gasteiger partial charge on any atom is 0.252 e. The number of nitrogens with one attached hydrogen (secondary N) is 1. The van der Waals surface area contributed by atoms with Crippen LogP contribution in [0.5, 0.6) is 0 Å². The van der Waals surface area contributed by atoms with E-state index in [9.17, 15) is 4.79 Å². The largest absolute Gasteiger partial charge is 0.379 e. The maximum atomic E-state index is 11.8. The third-order valence-corrected chi connectivity index (χ3v) is 6.25. The van der Waals surface area contributed by atoms with Crippen molar-refractivity contribution in [2.75, 3.05) is 11.9 Å². The van der Waals surface area contributed by atoms with E-state index < -0.39 is 5.91 Å². The molecule has 0 aromatic carbocycles. The smallest absolute Gasteiger partial charge is 0.252 e. The molecule has 1 aromatic heterocycles. The molecule has 26 heavy (non-hydrogen) atoms. The minimum atomic E-state index is -0.436. The Balaban J connectivity index is 1.68. The average molecular weight is 361 g/mol. The molecule has 2 saturated carbocycles. The van der Waals surface area contributed by atoms with Crippen LogP contribution >= 0.6 is 0 Å². The predicted octanol–water partition coefficient (Wildman–Crippen LogP) is 3.46. The molecule has 1 amide bonds. The predicted molar refractivity (Wildman–Crippen MR) is 102 cm³/mol. The lowest BCUT2D eigenvalue weighted by Gasteiger charge is -2.41. The summed E-state index contributed by atoms with van der Waals surface area (Å²) in [6, 6.07) is 0.364. The molecule has 2 fully saturated rings. The van der Waals surface area contributed by atoms with E-state index in [1.807, 2.05) is 6.92 Å². The monoisotopic (exact) mass is 360 g/mol. The van der Waals surface area contributed by atoms with E-state index in [1.165, 1.54) is 19.3 Å². The zero-order valence-corrected chi connectivity index (χ0v) is 16.1. The summed E-state index contributed by atoms with van der Waals surface area (Å²) in [5.74, 6) is 0.185. The average Bonchev–Trinajstić information content (AvgIpc) is 2.60. The van der Waals surface area contributed by atoms with Crippen molar-refractivity contribution in [3.63, 3.8) is 0 Å². The van der Waals surface area contributed by atoms with Crippen LogP contribution in [0.2, 0.25) is 0 Å². The van der Waals surface area contributed by atoms with Crippen molar-refractivity contribution >= 4 is 11.9 Å². The van der Waals surface area contributed by atoms with E-state index in [2.05, 4.69) is 17.2 Å². The zero-order chi connectivity index (χ0) is 18.6. The number of nitrogens with zero attached hydrogens (tertiary/aromatic N) is 2. The normalized spacial score (nSPS) is 24.7. The number of aromatic nitrogens is 2. The Kier molecular flexibility index (Phi) is 6.12. The van der Waals surface area contributed by atoms with Crippen molar-refractivity contribution in [1.29, 1.82) is 0 Å². The minimum absolute atomic E-state index is 0.283. The SMILES string of the molecule is CCOC1CCC(Nc2ncc(C(N)=O)c(CC3(CC)CCC3)n2)CC1. The molecule has 0 radical (unpaired) electrons. The summed E-state index contributed by atoms with van der Waals surface area (Å²) >= 11 is 0. The lowest BCUT2D eigenvalue weighted by molar-refractivity contribution is 0.0346. The molecular weight excluding hydrogens is 328 g/mol. The van der Waals surface area contributed by atoms with Gasteiger partial charge >= 0.3 is 0 Å². The van der Waals surface area contributed by atoms with Gasteiger partial charge in [-0.1, -0.05) is 19.8 Å². The lowest BCUT2D eigenvalue weighted by Crippen LogP contribution is -2.33. The molecule has 0 spiro atoms. The molecule has 0 aliphatic heterocycles. The highest BCUT2D eigenvalue weighted by atomic mass is 16.5. The van der Waals surface area contributed by atoms with Gasteiger partial charge in [0.05, 0.1) is 17.4 Å². The number of carbonyl (C=O) groups is 1.